The first-order valence-corrected chi connectivity index (χ1v) is 12.5. The summed E-state index contributed by atoms with van der Waals surface area (Å²) in [6.45, 7) is 8.74. The van der Waals surface area contributed by atoms with Gasteiger partial charge < -0.3 is 14.4 Å². The van der Waals surface area contributed by atoms with Crippen molar-refractivity contribution in [2.24, 2.45) is 0 Å². The molecule has 2 aromatic carbocycles. The predicted molar refractivity (Wildman–Crippen MR) is 129 cm³/mol. The fourth-order valence-electron chi connectivity index (χ4n) is 3.79. The number of amides is 1. The van der Waals surface area contributed by atoms with E-state index < -0.39 is 10.0 Å². The molecule has 0 bridgehead atoms. The van der Waals surface area contributed by atoms with Crippen molar-refractivity contribution < 1.29 is 22.7 Å². The van der Waals surface area contributed by atoms with E-state index in [0.29, 0.717) is 36.0 Å². The number of carbonyl (C=O) groups is 1. The molecular weight excluding hydrogens is 466 g/mol. The highest BCUT2D eigenvalue weighted by Gasteiger charge is 2.26. The van der Waals surface area contributed by atoms with E-state index in [1.807, 2.05) is 0 Å². The molecular formula is C23H30ClN3O5S. The minimum absolute atomic E-state index is 0.0168. The van der Waals surface area contributed by atoms with Crippen LogP contribution in [0.5, 0.6) is 11.5 Å². The molecule has 0 unspecified atom stereocenters. The lowest BCUT2D eigenvalue weighted by Crippen LogP contribution is -2.50. The smallest absolute Gasteiger partial charge is 0.262 e. The first-order valence-electron chi connectivity index (χ1n) is 10.7. The number of halogens is 1. The molecule has 1 aliphatic heterocycles. The minimum atomic E-state index is -4.03. The first-order chi connectivity index (χ1) is 15.6. The van der Waals surface area contributed by atoms with Gasteiger partial charge in [-0.3, -0.25) is 14.4 Å². The third-order valence-corrected chi connectivity index (χ3v) is 7.58. The van der Waals surface area contributed by atoms with Crippen molar-refractivity contribution in [3.63, 3.8) is 0 Å². The number of hydrogen-bond acceptors (Lipinski definition) is 6. The maximum Gasteiger partial charge on any atom is 0.262 e. The van der Waals surface area contributed by atoms with E-state index in [9.17, 15) is 13.2 Å². The van der Waals surface area contributed by atoms with Gasteiger partial charge in [-0.05, 0) is 44.5 Å². The highest BCUT2D eigenvalue weighted by molar-refractivity contribution is 7.92. The SMILES string of the molecule is COc1cc(OC)c(NS(=O)(=O)c2cc(C(=O)N3CCN(C(C)C)CC3)ccc2C)cc1Cl. The molecule has 180 valence electrons. The molecule has 0 atom stereocenters. The molecule has 1 fully saturated rings. The zero-order valence-electron chi connectivity index (χ0n) is 19.5. The summed E-state index contributed by atoms with van der Waals surface area (Å²) in [5.74, 6) is 0.436. The quantitative estimate of drug-likeness (QED) is 0.631. The molecule has 10 heteroatoms. The second kappa shape index (κ2) is 10.2. The van der Waals surface area contributed by atoms with Crippen LogP contribution in [-0.4, -0.2) is 70.6 Å². The lowest BCUT2D eigenvalue weighted by atomic mass is 10.1. The van der Waals surface area contributed by atoms with Crippen LogP contribution in [0.3, 0.4) is 0 Å². The average molecular weight is 496 g/mol. The summed E-state index contributed by atoms with van der Waals surface area (Å²) in [7, 11) is -1.15. The maximum atomic E-state index is 13.3. The summed E-state index contributed by atoms with van der Waals surface area (Å²) < 4.78 is 39.5. The largest absolute Gasteiger partial charge is 0.495 e. The van der Waals surface area contributed by atoms with E-state index in [1.54, 1.807) is 24.0 Å². The summed E-state index contributed by atoms with van der Waals surface area (Å²) in [6, 6.07) is 8.08. The third-order valence-electron chi connectivity index (χ3n) is 5.77. The Kier molecular flexibility index (Phi) is 7.76. The van der Waals surface area contributed by atoms with Crippen molar-refractivity contribution in [2.45, 2.75) is 31.7 Å². The highest BCUT2D eigenvalue weighted by atomic mass is 35.5. The third kappa shape index (κ3) is 5.54. The van der Waals surface area contributed by atoms with E-state index in [4.69, 9.17) is 21.1 Å². The summed E-state index contributed by atoms with van der Waals surface area (Å²) in [5.41, 5.74) is 1.02. The van der Waals surface area contributed by atoms with Crippen molar-refractivity contribution >= 4 is 33.2 Å². The Morgan fingerprint density at radius 2 is 1.67 bits per heavy atom. The Balaban J connectivity index is 1.87. The number of methoxy groups -OCH3 is 2. The minimum Gasteiger partial charge on any atom is -0.495 e. The summed E-state index contributed by atoms with van der Waals surface area (Å²) in [4.78, 5) is 17.2. The van der Waals surface area contributed by atoms with Gasteiger partial charge in [0, 0.05) is 43.9 Å². The molecule has 0 radical (unpaired) electrons. The van der Waals surface area contributed by atoms with E-state index >= 15 is 0 Å². The maximum absolute atomic E-state index is 13.3. The molecule has 1 amide bonds. The molecule has 1 heterocycles. The zero-order chi connectivity index (χ0) is 24.3. The monoisotopic (exact) mass is 495 g/mol. The Morgan fingerprint density at radius 3 is 2.24 bits per heavy atom. The highest BCUT2D eigenvalue weighted by Crippen LogP contribution is 2.37. The molecule has 3 rings (SSSR count). The average Bonchev–Trinajstić information content (AvgIpc) is 2.78. The summed E-state index contributed by atoms with van der Waals surface area (Å²) in [5, 5.41) is 0.234. The Labute approximate surface area is 200 Å². The second-order valence-corrected chi connectivity index (χ2v) is 10.3. The van der Waals surface area contributed by atoms with Crippen LogP contribution in [0.15, 0.2) is 35.2 Å². The molecule has 2 aromatic rings. The van der Waals surface area contributed by atoms with Crippen molar-refractivity contribution in [1.29, 1.82) is 0 Å². The Bertz CT molecular complexity index is 1130. The number of piperazine rings is 1. The van der Waals surface area contributed by atoms with Crippen LogP contribution in [-0.2, 0) is 10.0 Å². The van der Waals surface area contributed by atoms with Gasteiger partial charge in [-0.1, -0.05) is 17.7 Å². The number of aryl methyl sites for hydroxylation is 1. The van der Waals surface area contributed by atoms with Gasteiger partial charge in [0.1, 0.15) is 11.5 Å². The van der Waals surface area contributed by atoms with Gasteiger partial charge in [0.05, 0.1) is 29.8 Å². The van der Waals surface area contributed by atoms with Crippen LogP contribution in [0, 0.1) is 6.92 Å². The molecule has 0 saturated carbocycles. The Hall–Kier alpha value is -2.49. The van der Waals surface area contributed by atoms with Gasteiger partial charge >= 0.3 is 0 Å². The number of hydrogen-bond donors (Lipinski definition) is 1. The number of nitrogens with zero attached hydrogens (tertiary/aromatic N) is 2. The van der Waals surface area contributed by atoms with E-state index in [1.165, 1.54) is 32.4 Å². The Morgan fingerprint density at radius 1 is 1.03 bits per heavy atom. The molecule has 0 aliphatic carbocycles. The fraction of sp³-hybridized carbons (Fsp3) is 0.435. The zero-order valence-corrected chi connectivity index (χ0v) is 21.1. The van der Waals surface area contributed by atoms with Gasteiger partial charge in [0.15, 0.2) is 0 Å². The van der Waals surface area contributed by atoms with Crippen molar-refractivity contribution in [1.82, 2.24) is 9.80 Å². The number of anilines is 1. The number of nitrogens with one attached hydrogen (secondary N) is 1. The molecule has 1 N–H and O–H groups in total. The predicted octanol–water partition coefficient (Wildman–Crippen LogP) is 3.63. The number of rotatable bonds is 7. The van der Waals surface area contributed by atoms with Crippen LogP contribution in [0.25, 0.3) is 0 Å². The normalized spacial score (nSPS) is 14.9. The van der Waals surface area contributed by atoms with Gasteiger partial charge in [0.25, 0.3) is 15.9 Å². The van der Waals surface area contributed by atoms with Crippen LogP contribution >= 0.6 is 11.6 Å². The number of benzene rings is 2. The number of sulfonamides is 1. The molecule has 33 heavy (non-hydrogen) atoms. The molecule has 0 aromatic heterocycles. The van der Waals surface area contributed by atoms with E-state index in [0.717, 1.165) is 13.1 Å². The van der Waals surface area contributed by atoms with Crippen LogP contribution < -0.4 is 14.2 Å². The molecule has 8 nitrogen and oxygen atoms in total. The summed E-state index contributed by atoms with van der Waals surface area (Å²) >= 11 is 6.18. The van der Waals surface area contributed by atoms with Gasteiger partial charge in [-0.2, -0.15) is 0 Å². The van der Waals surface area contributed by atoms with Crippen LogP contribution in [0.2, 0.25) is 5.02 Å². The number of ether oxygens (including phenoxy) is 2. The van der Waals surface area contributed by atoms with Crippen LogP contribution in [0.1, 0.15) is 29.8 Å². The fourth-order valence-corrected chi connectivity index (χ4v) is 5.36. The standard InChI is InChI=1S/C23H30ClN3O5S/c1-15(2)26-8-10-27(11-9-26)23(28)17-7-6-16(3)22(12-17)33(29,30)25-19-13-18(24)20(31-4)14-21(19)32-5/h6-7,12-15,25H,8-11H2,1-5H3. The van der Waals surface area contributed by atoms with Gasteiger partial charge in [0.2, 0.25) is 0 Å². The molecule has 0 spiro atoms. The van der Waals surface area contributed by atoms with E-state index in [-0.39, 0.29) is 27.3 Å². The first kappa shape index (κ1) is 25.1. The topological polar surface area (TPSA) is 88.2 Å². The second-order valence-electron chi connectivity index (χ2n) is 8.19. The van der Waals surface area contributed by atoms with Crippen molar-refractivity contribution in [3.05, 3.63) is 46.5 Å². The van der Waals surface area contributed by atoms with Crippen LogP contribution in [0.4, 0.5) is 5.69 Å². The lowest BCUT2D eigenvalue weighted by Gasteiger charge is -2.37. The molecule has 1 aliphatic rings. The van der Waals surface area contributed by atoms with Gasteiger partial charge in [-0.25, -0.2) is 8.42 Å². The molecule has 1 saturated heterocycles. The van der Waals surface area contributed by atoms with Gasteiger partial charge in [-0.15, -0.1) is 0 Å². The van der Waals surface area contributed by atoms with Crippen molar-refractivity contribution in [2.75, 3.05) is 45.1 Å². The summed E-state index contributed by atoms with van der Waals surface area (Å²) in [6.07, 6.45) is 0. The van der Waals surface area contributed by atoms with Crippen molar-refractivity contribution in [3.8, 4) is 11.5 Å². The van der Waals surface area contributed by atoms with E-state index in [2.05, 4.69) is 23.5 Å². The number of carbonyl (C=O) groups excluding carboxylic acids is 1. The lowest BCUT2D eigenvalue weighted by molar-refractivity contribution is 0.0595.